The molecule has 6 nitrogen and oxygen atoms in total. The number of hydrogen-bond acceptors (Lipinski definition) is 6. The lowest BCUT2D eigenvalue weighted by Crippen LogP contribution is -2.49. The Morgan fingerprint density at radius 3 is 2.82 bits per heavy atom. The highest BCUT2D eigenvalue weighted by atomic mass is 32.1. The third kappa shape index (κ3) is 3.21. The van der Waals surface area contributed by atoms with Gasteiger partial charge in [0.05, 0.1) is 10.6 Å². The normalized spacial score (nSPS) is 16.2. The van der Waals surface area contributed by atoms with Gasteiger partial charge in [-0.15, -0.1) is 11.3 Å². The van der Waals surface area contributed by atoms with Crippen LogP contribution in [0.5, 0.6) is 0 Å². The summed E-state index contributed by atoms with van der Waals surface area (Å²) in [5, 5.41) is 10.9. The molecule has 0 spiro atoms. The summed E-state index contributed by atoms with van der Waals surface area (Å²) < 4.78 is 5.75. The number of aliphatic hydroxyl groups excluding tert-OH is 1. The van der Waals surface area contributed by atoms with Crippen LogP contribution >= 0.6 is 11.3 Å². The molecule has 0 saturated carbocycles. The number of aliphatic hydroxyl groups is 1. The van der Waals surface area contributed by atoms with Crippen LogP contribution in [0.15, 0.2) is 21.9 Å². The van der Waals surface area contributed by atoms with Crippen molar-refractivity contribution in [3.63, 3.8) is 0 Å². The third-order valence-corrected chi connectivity index (χ3v) is 4.72. The summed E-state index contributed by atoms with van der Waals surface area (Å²) in [5.74, 6) is 1.33. The second-order valence-corrected chi connectivity index (χ2v) is 6.26. The average Bonchev–Trinajstić information content (AvgIpc) is 3.18. The van der Waals surface area contributed by atoms with Crippen LogP contribution in [-0.4, -0.2) is 58.6 Å². The Kier molecular flexibility index (Phi) is 4.56. The van der Waals surface area contributed by atoms with Gasteiger partial charge in [0.25, 0.3) is 0 Å². The Bertz CT molecular complexity index is 631. The zero-order valence-corrected chi connectivity index (χ0v) is 13.3. The molecule has 0 unspecified atom stereocenters. The second-order valence-electron chi connectivity index (χ2n) is 5.31. The minimum atomic E-state index is -0.410. The molecule has 118 valence electrons. The molecule has 0 radical (unpaired) electrons. The van der Waals surface area contributed by atoms with Crippen LogP contribution < -0.4 is 0 Å². The highest BCUT2D eigenvalue weighted by Crippen LogP contribution is 2.26. The maximum absolute atomic E-state index is 11.5. The fourth-order valence-electron chi connectivity index (χ4n) is 2.55. The number of amides is 1. The van der Waals surface area contributed by atoms with Crippen molar-refractivity contribution in [1.29, 1.82) is 0 Å². The van der Waals surface area contributed by atoms with Crippen LogP contribution in [0.3, 0.4) is 0 Å². The summed E-state index contributed by atoms with van der Waals surface area (Å²) in [4.78, 5) is 21.0. The second kappa shape index (κ2) is 6.60. The summed E-state index contributed by atoms with van der Waals surface area (Å²) >= 11 is 1.61. The van der Waals surface area contributed by atoms with E-state index < -0.39 is 6.61 Å². The molecule has 0 aliphatic carbocycles. The van der Waals surface area contributed by atoms with Crippen molar-refractivity contribution in [2.45, 2.75) is 13.5 Å². The van der Waals surface area contributed by atoms with Gasteiger partial charge in [-0.1, -0.05) is 6.07 Å². The molecule has 3 heterocycles. The summed E-state index contributed by atoms with van der Waals surface area (Å²) in [6.07, 6.45) is 0. The van der Waals surface area contributed by atoms with Gasteiger partial charge in [-0.05, 0) is 18.4 Å². The lowest BCUT2D eigenvalue weighted by atomic mass is 10.2. The van der Waals surface area contributed by atoms with Crippen molar-refractivity contribution in [3.8, 4) is 10.8 Å². The summed E-state index contributed by atoms with van der Waals surface area (Å²) in [7, 11) is 0. The first-order chi connectivity index (χ1) is 10.7. The molecule has 2 aromatic heterocycles. The zero-order valence-electron chi connectivity index (χ0n) is 12.5. The van der Waals surface area contributed by atoms with E-state index in [0.717, 1.165) is 36.0 Å². The molecule has 1 aliphatic heterocycles. The molecule has 7 heteroatoms. The maximum atomic E-state index is 11.5. The molecule has 0 atom stereocenters. The van der Waals surface area contributed by atoms with Crippen molar-refractivity contribution in [3.05, 3.63) is 29.0 Å². The highest BCUT2D eigenvalue weighted by molar-refractivity contribution is 7.13. The number of hydrogen-bond donors (Lipinski definition) is 1. The molecule has 1 N–H and O–H groups in total. The third-order valence-electron chi connectivity index (χ3n) is 3.86. The monoisotopic (exact) mass is 321 g/mol. The van der Waals surface area contributed by atoms with E-state index in [-0.39, 0.29) is 5.91 Å². The molecule has 1 aliphatic rings. The van der Waals surface area contributed by atoms with Gasteiger partial charge in [-0.25, -0.2) is 4.98 Å². The molecule has 1 amide bonds. The minimum Gasteiger partial charge on any atom is -0.440 e. The molecule has 2 aromatic rings. The lowest BCUT2D eigenvalue weighted by Gasteiger charge is -2.34. The van der Waals surface area contributed by atoms with E-state index in [2.05, 4.69) is 9.88 Å². The van der Waals surface area contributed by atoms with E-state index in [1.807, 2.05) is 24.4 Å². The van der Waals surface area contributed by atoms with Gasteiger partial charge in [0.2, 0.25) is 11.8 Å². The Balaban J connectivity index is 1.62. The van der Waals surface area contributed by atoms with Crippen LogP contribution in [0.25, 0.3) is 10.8 Å². The first-order valence-electron chi connectivity index (χ1n) is 7.28. The molecule has 1 saturated heterocycles. The lowest BCUT2D eigenvalue weighted by molar-refractivity contribution is -0.136. The van der Waals surface area contributed by atoms with Gasteiger partial charge in [0.1, 0.15) is 12.4 Å². The van der Waals surface area contributed by atoms with E-state index in [0.29, 0.717) is 19.0 Å². The van der Waals surface area contributed by atoms with Gasteiger partial charge in [0, 0.05) is 32.7 Å². The topological polar surface area (TPSA) is 69.8 Å². The molecule has 3 rings (SSSR count). The van der Waals surface area contributed by atoms with Gasteiger partial charge in [-0.2, -0.15) is 0 Å². The SMILES string of the molecule is Cc1oc(-c2cccs2)nc1CN1CCN(C(=O)CO)CC1. The van der Waals surface area contributed by atoms with Crippen LogP contribution in [0.4, 0.5) is 0 Å². The van der Waals surface area contributed by atoms with E-state index >= 15 is 0 Å². The van der Waals surface area contributed by atoms with E-state index in [1.165, 1.54) is 0 Å². The Labute approximate surface area is 133 Å². The number of carbonyl (C=O) groups excluding carboxylic acids is 1. The predicted octanol–water partition coefficient (Wildman–Crippen LogP) is 1.35. The summed E-state index contributed by atoms with van der Waals surface area (Å²) in [6.45, 7) is 5.11. The van der Waals surface area contributed by atoms with Gasteiger partial charge < -0.3 is 14.4 Å². The number of aryl methyl sites for hydroxylation is 1. The Morgan fingerprint density at radius 2 is 2.18 bits per heavy atom. The van der Waals surface area contributed by atoms with E-state index in [9.17, 15) is 4.79 Å². The molecule has 22 heavy (non-hydrogen) atoms. The van der Waals surface area contributed by atoms with Crippen molar-refractivity contribution < 1.29 is 14.3 Å². The number of nitrogens with zero attached hydrogens (tertiary/aromatic N) is 3. The van der Waals surface area contributed by atoms with Crippen LogP contribution in [0.2, 0.25) is 0 Å². The smallest absolute Gasteiger partial charge is 0.248 e. The number of aromatic nitrogens is 1. The average molecular weight is 321 g/mol. The molecular formula is C15H19N3O3S. The molecular weight excluding hydrogens is 302 g/mol. The number of piperazine rings is 1. The fraction of sp³-hybridized carbons (Fsp3) is 0.467. The van der Waals surface area contributed by atoms with Crippen molar-refractivity contribution in [2.75, 3.05) is 32.8 Å². The number of rotatable bonds is 4. The largest absolute Gasteiger partial charge is 0.440 e. The van der Waals surface area contributed by atoms with Crippen LogP contribution in [0, 0.1) is 6.92 Å². The minimum absolute atomic E-state index is 0.197. The van der Waals surface area contributed by atoms with Crippen molar-refractivity contribution in [2.24, 2.45) is 0 Å². The first-order valence-corrected chi connectivity index (χ1v) is 8.16. The Morgan fingerprint density at radius 1 is 1.41 bits per heavy atom. The number of carbonyl (C=O) groups is 1. The van der Waals surface area contributed by atoms with E-state index in [4.69, 9.17) is 9.52 Å². The van der Waals surface area contributed by atoms with Crippen LogP contribution in [0.1, 0.15) is 11.5 Å². The quantitative estimate of drug-likeness (QED) is 0.920. The van der Waals surface area contributed by atoms with Gasteiger partial charge in [0.15, 0.2) is 0 Å². The van der Waals surface area contributed by atoms with Gasteiger partial charge in [-0.3, -0.25) is 9.69 Å². The standard InChI is InChI=1S/C15H19N3O3S/c1-11-12(16-15(21-11)13-3-2-8-22-13)9-17-4-6-18(7-5-17)14(20)10-19/h2-3,8,19H,4-7,9-10H2,1H3. The predicted molar refractivity (Wildman–Crippen MR) is 83.5 cm³/mol. The summed E-state index contributed by atoms with van der Waals surface area (Å²) in [6, 6.07) is 3.98. The van der Waals surface area contributed by atoms with Gasteiger partial charge >= 0.3 is 0 Å². The first kappa shape index (κ1) is 15.2. The van der Waals surface area contributed by atoms with E-state index in [1.54, 1.807) is 16.2 Å². The fourth-order valence-corrected chi connectivity index (χ4v) is 3.20. The van der Waals surface area contributed by atoms with Crippen molar-refractivity contribution in [1.82, 2.24) is 14.8 Å². The zero-order chi connectivity index (χ0) is 15.5. The molecule has 0 aromatic carbocycles. The van der Waals surface area contributed by atoms with Crippen molar-refractivity contribution >= 4 is 17.2 Å². The number of thiophene rings is 1. The number of oxazole rings is 1. The van der Waals surface area contributed by atoms with Crippen LogP contribution in [-0.2, 0) is 11.3 Å². The molecule has 0 bridgehead atoms. The molecule has 1 fully saturated rings. The Hall–Kier alpha value is -1.70. The summed E-state index contributed by atoms with van der Waals surface area (Å²) in [5.41, 5.74) is 0.949. The maximum Gasteiger partial charge on any atom is 0.248 e. The highest BCUT2D eigenvalue weighted by Gasteiger charge is 2.22.